The summed E-state index contributed by atoms with van der Waals surface area (Å²) in [5.74, 6) is 2.65. The van der Waals surface area contributed by atoms with E-state index in [1.165, 1.54) is 4.90 Å². The molecule has 2 aromatic rings. The molecule has 0 spiro atoms. The fraction of sp³-hybridized carbons (Fsp3) is 0.292. The number of rotatable bonds is 6. The molecule has 1 atom stereocenters. The minimum atomic E-state index is 0.0603. The van der Waals surface area contributed by atoms with E-state index in [9.17, 15) is 4.79 Å². The van der Waals surface area contributed by atoms with Crippen LogP contribution in [-0.4, -0.2) is 54.4 Å². The van der Waals surface area contributed by atoms with Gasteiger partial charge >= 0.3 is 0 Å². The first kappa shape index (κ1) is 21.5. The topological polar surface area (TPSA) is 58.4 Å². The van der Waals surface area contributed by atoms with Gasteiger partial charge in [-0.2, -0.15) is 0 Å². The average molecular weight is 410 g/mol. The maximum atomic E-state index is 13.2. The number of carbonyl (C=O) groups excluding carboxylic acids is 1. The van der Waals surface area contributed by atoms with Gasteiger partial charge in [0, 0.05) is 0 Å². The first-order valence-electron chi connectivity index (χ1n) is 9.70. The molecule has 6 heteroatoms. The highest BCUT2D eigenvalue weighted by atomic mass is 16.5. The van der Waals surface area contributed by atoms with E-state index < -0.39 is 0 Å². The molecule has 0 radical (unpaired) electrons. The van der Waals surface area contributed by atoms with E-state index in [1.807, 2.05) is 48.6 Å². The van der Waals surface area contributed by atoms with Crippen LogP contribution in [0, 0.1) is 0 Å². The van der Waals surface area contributed by atoms with Gasteiger partial charge in [-0.25, -0.2) is 0 Å². The second kappa shape index (κ2) is 9.50. The maximum Gasteiger partial charge on any atom is 0.196 e. The van der Waals surface area contributed by atoms with Crippen molar-refractivity contribution >= 4 is 17.9 Å². The van der Waals surface area contributed by atoms with Gasteiger partial charge in [-0.1, -0.05) is 12.1 Å². The van der Waals surface area contributed by atoms with E-state index in [2.05, 4.69) is 7.05 Å². The van der Waals surface area contributed by atoms with Crippen molar-refractivity contribution in [3.8, 4) is 23.0 Å². The number of likely N-dealkylation sites (N-methyl/N-ethyl adjacent to an activating group) is 1. The van der Waals surface area contributed by atoms with E-state index in [-0.39, 0.29) is 5.78 Å². The second-order valence-electron chi connectivity index (χ2n) is 7.21. The Balaban J connectivity index is 1.93. The normalized spacial score (nSPS) is 19.1. The molecule has 1 fully saturated rings. The summed E-state index contributed by atoms with van der Waals surface area (Å²) in [6.45, 7) is 1.33. The average Bonchev–Trinajstić information content (AvgIpc) is 2.76. The third kappa shape index (κ3) is 4.66. The second-order valence-corrected chi connectivity index (χ2v) is 7.21. The zero-order chi connectivity index (χ0) is 21.7. The summed E-state index contributed by atoms with van der Waals surface area (Å²) in [5, 5.41) is 0. The van der Waals surface area contributed by atoms with E-state index in [0.29, 0.717) is 36.1 Å². The van der Waals surface area contributed by atoms with Gasteiger partial charge < -0.3 is 23.8 Å². The summed E-state index contributed by atoms with van der Waals surface area (Å²) in [7, 11) is 8.48. The van der Waals surface area contributed by atoms with Gasteiger partial charge in [-0.15, -0.1) is 0 Å². The van der Waals surface area contributed by atoms with Crippen LogP contribution in [-0.2, 0) is 4.79 Å². The van der Waals surface area contributed by atoms with Crippen molar-refractivity contribution in [2.75, 3.05) is 48.6 Å². The van der Waals surface area contributed by atoms with E-state index in [1.54, 1.807) is 28.4 Å². The molecule has 158 valence electrons. The number of ketones is 1. The predicted molar refractivity (Wildman–Crippen MR) is 117 cm³/mol. The van der Waals surface area contributed by atoms with Crippen molar-refractivity contribution in [2.45, 2.75) is 0 Å². The summed E-state index contributed by atoms with van der Waals surface area (Å²) in [4.78, 5) is 14.4. The number of carbonyl (C=O) groups is 1. The fourth-order valence-corrected chi connectivity index (χ4v) is 3.60. The third-order valence-corrected chi connectivity index (χ3v) is 5.06. The molecule has 6 nitrogen and oxygen atoms in total. The number of hydrogen-bond acceptors (Lipinski definition) is 5. The molecule has 0 aliphatic carbocycles. The molecule has 0 saturated carbocycles. The number of methoxy groups -OCH3 is 4. The van der Waals surface area contributed by atoms with E-state index in [0.717, 1.165) is 22.3 Å². The van der Waals surface area contributed by atoms with Gasteiger partial charge in [0.05, 0.1) is 46.6 Å². The van der Waals surface area contributed by atoms with Crippen molar-refractivity contribution in [1.29, 1.82) is 0 Å². The fourth-order valence-electron chi connectivity index (χ4n) is 3.60. The lowest BCUT2D eigenvalue weighted by molar-refractivity contribution is -0.870. The lowest BCUT2D eigenvalue weighted by Gasteiger charge is -2.23. The number of likely N-dealkylation sites (tertiary alicyclic amines) is 1. The Morgan fingerprint density at radius 3 is 1.47 bits per heavy atom. The summed E-state index contributed by atoms with van der Waals surface area (Å²) < 4.78 is 21.3. The van der Waals surface area contributed by atoms with Crippen molar-refractivity contribution in [2.24, 2.45) is 0 Å². The molecule has 0 bridgehead atoms. The summed E-state index contributed by atoms with van der Waals surface area (Å²) >= 11 is 0. The zero-order valence-corrected chi connectivity index (χ0v) is 18.1. The zero-order valence-electron chi connectivity index (χ0n) is 18.1. The summed E-state index contributed by atoms with van der Waals surface area (Å²) in [6, 6.07) is 11.3. The molecule has 0 aromatic heterocycles. The quantitative estimate of drug-likeness (QED) is 0.741. The van der Waals surface area contributed by atoms with Crippen LogP contribution in [0.15, 0.2) is 47.5 Å². The predicted octanol–water partition coefficient (Wildman–Crippen LogP) is 2.29. The molecule has 1 heterocycles. The van der Waals surface area contributed by atoms with Crippen LogP contribution >= 0.6 is 0 Å². The molecule has 0 amide bonds. The lowest BCUT2D eigenvalue weighted by atomic mass is 9.94. The number of benzene rings is 2. The van der Waals surface area contributed by atoms with Gasteiger partial charge in [-0.3, -0.25) is 4.79 Å². The standard InChI is InChI=1S/C24H27NO5/c1-25-14-18(10-16-6-8-20(27-2)22(12-16)29-4)24(26)19(15-25)11-17-7-9-21(28-3)23(13-17)30-5/h6-13H,14-15H2,1-5H3/p+1/b18-10-,19-11+. The van der Waals surface area contributed by atoms with Gasteiger partial charge in [0.25, 0.3) is 0 Å². The number of Topliss-reactive ketones (excluding diaryl/α,β-unsaturated/α-hetero) is 1. The highest BCUT2D eigenvalue weighted by Gasteiger charge is 2.27. The van der Waals surface area contributed by atoms with Crippen LogP contribution in [0.1, 0.15) is 11.1 Å². The monoisotopic (exact) mass is 410 g/mol. The molecule has 1 aliphatic rings. The number of ether oxygens (including phenoxy) is 4. The Morgan fingerprint density at radius 1 is 0.700 bits per heavy atom. The molecular weight excluding hydrogens is 382 g/mol. The van der Waals surface area contributed by atoms with Crippen molar-refractivity contribution in [1.82, 2.24) is 0 Å². The number of hydrogen-bond donors (Lipinski definition) is 1. The van der Waals surface area contributed by atoms with Gasteiger partial charge in [0.15, 0.2) is 28.8 Å². The smallest absolute Gasteiger partial charge is 0.196 e. The Morgan fingerprint density at radius 2 is 1.10 bits per heavy atom. The lowest BCUT2D eigenvalue weighted by Crippen LogP contribution is -3.10. The van der Waals surface area contributed by atoms with Crippen LogP contribution in [0.4, 0.5) is 0 Å². The van der Waals surface area contributed by atoms with Crippen molar-refractivity contribution in [3.05, 3.63) is 58.7 Å². The molecule has 3 rings (SSSR count). The Labute approximate surface area is 177 Å². The van der Waals surface area contributed by atoms with Gasteiger partial charge in [-0.05, 0) is 47.5 Å². The van der Waals surface area contributed by atoms with Crippen molar-refractivity contribution < 1.29 is 28.6 Å². The summed E-state index contributed by atoms with van der Waals surface area (Å²) in [6.07, 6.45) is 3.85. The van der Waals surface area contributed by atoms with Crippen LogP contribution in [0.2, 0.25) is 0 Å². The minimum absolute atomic E-state index is 0.0603. The highest BCUT2D eigenvalue weighted by molar-refractivity contribution is 6.14. The Bertz CT molecular complexity index is 916. The van der Waals surface area contributed by atoms with Crippen molar-refractivity contribution in [3.63, 3.8) is 0 Å². The molecular formula is C24H28NO5+. The molecule has 1 unspecified atom stereocenters. The van der Waals surface area contributed by atoms with Gasteiger partial charge in [0.1, 0.15) is 13.1 Å². The van der Waals surface area contributed by atoms with Crippen LogP contribution < -0.4 is 23.8 Å². The third-order valence-electron chi connectivity index (χ3n) is 5.06. The molecule has 2 aromatic carbocycles. The van der Waals surface area contributed by atoms with Crippen LogP contribution in [0.3, 0.4) is 0 Å². The van der Waals surface area contributed by atoms with E-state index >= 15 is 0 Å². The first-order valence-corrected chi connectivity index (χ1v) is 9.70. The van der Waals surface area contributed by atoms with E-state index in [4.69, 9.17) is 18.9 Å². The first-order chi connectivity index (χ1) is 14.5. The molecule has 1 saturated heterocycles. The SMILES string of the molecule is COc1ccc(/C=C2/C[NH+](C)C/C(=C\c3ccc(OC)c(OC)c3)C2=O)cc1OC. The molecule has 1 N–H and O–H groups in total. The molecule has 1 aliphatic heterocycles. The van der Waals surface area contributed by atoms with Crippen LogP contribution in [0.25, 0.3) is 12.2 Å². The highest BCUT2D eigenvalue weighted by Crippen LogP contribution is 2.30. The number of nitrogens with one attached hydrogen (secondary N) is 1. The Hall–Kier alpha value is -3.25. The molecule has 30 heavy (non-hydrogen) atoms. The maximum absolute atomic E-state index is 13.2. The largest absolute Gasteiger partial charge is 0.493 e. The number of quaternary nitrogens is 1. The minimum Gasteiger partial charge on any atom is -0.493 e. The van der Waals surface area contributed by atoms with Crippen LogP contribution in [0.5, 0.6) is 23.0 Å². The summed E-state index contributed by atoms with van der Waals surface area (Å²) in [5.41, 5.74) is 3.32. The number of piperidine rings is 1. The van der Waals surface area contributed by atoms with Gasteiger partial charge in [0.2, 0.25) is 0 Å². The Kier molecular flexibility index (Phi) is 6.79.